The molecule has 1 atom stereocenters. The van der Waals surface area contributed by atoms with E-state index in [1.54, 1.807) is 23.3 Å². The van der Waals surface area contributed by atoms with Crippen molar-refractivity contribution in [1.29, 1.82) is 0 Å². The Morgan fingerprint density at radius 1 is 1.45 bits per heavy atom. The minimum Gasteiger partial charge on any atom is -0.391 e. The highest BCUT2D eigenvalue weighted by Gasteiger charge is 2.31. The van der Waals surface area contributed by atoms with Crippen molar-refractivity contribution in [3.05, 3.63) is 17.5 Å². The molecule has 1 aromatic heterocycles. The van der Waals surface area contributed by atoms with Crippen LogP contribution in [0.3, 0.4) is 0 Å². The molecule has 1 aromatic rings. The molecule has 22 heavy (non-hydrogen) atoms. The number of carbonyl (C=O) groups is 1. The maximum atomic E-state index is 12.2. The normalized spacial score (nSPS) is 20.7. The van der Waals surface area contributed by atoms with E-state index in [4.69, 9.17) is 0 Å². The molecular weight excluding hydrogens is 298 g/mol. The molecule has 2 N–H and O–H groups in total. The number of likely N-dealkylation sites (N-methyl/N-ethyl adjacent to an activating group) is 1. The van der Waals surface area contributed by atoms with Gasteiger partial charge in [0.05, 0.1) is 11.1 Å². The van der Waals surface area contributed by atoms with Gasteiger partial charge in [0.15, 0.2) is 0 Å². The van der Waals surface area contributed by atoms with Crippen LogP contribution in [0.25, 0.3) is 0 Å². The number of anilines is 1. The standard InChI is InChI=1S/C16H25N3O2S/c1-18(11-14(20)12-4-5-12)16(21)17-13-6-8-19(9-7-13)15-3-2-10-22-15/h2-3,10,12-14,20H,4-9,11H2,1H3,(H,17,21). The average Bonchev–Trinajstić information content (AvgIpc) is 3.23. The predicted molar refractivity (Wildman–Crippen MR) is 89.4 cm³/mol. The van der Waals surface area contributed by atoms with Gasteiger partial charge in [-0.25, -0.2) is 4.79 Å². The van der Waals surface area contributed by atoms with Crippen molar-refractivity contribution in [3.63, 3.8) is 0 Å². The lowest BCUT2D eigenvalue weighted by molar-refractivity contribution is 0.112. The number of carbonyl (C=O) groups excluding carboxylic acids is 1. The lowest BCUT2D eigenvalue weighted by atomic mass is 10.1. The van der Waals surface area contributed by atoms with Crippen molar-refractivity contribution in [3.8, 4) is 0 Å². The summed E-state index contributed by atoms with van der Waals surface area (Å²) in [4.78, 5) is 16.2. The summed E-state index contributed by atoms with van der Waals surface area (Å²) in [5, 5.41) is 16.4. The molecule has 122 valence electrons. The van der Waals surface area contributed by atoms with Crippen LogP contribution in [0.1, 0.15) is 25.7 Å². The number of urea groups is 1. The second-order valence-corrected chi connectivity index (χ2v) is 7.37. The smallest absolute Gasteiger partial charge is 0.317 e. The van der Waals surface area contributed by atoms with E-state index in [9.17, 15) is 9.90 Å². The lowest BCUT2D eigenvalue weighted by Crippen LogP contribution is -2.49. The molecule has 2 aliphatic rings. The van der Waals surface area contributed by atoms with E-state index >= 15 is 0 Å². The van der Waals surface area contributed by atoms with Crippen molar-refractivity contribution in [2.75, 3.05) is 31.6 Å². The maximum absolute atomic E-state index is 12.2. The van der Waals surface area contributed by atoms with E-state index in [1.165, 1.54) is 5.00 Å². The first-order valence-electron chi connectivity index (χ1n) is 8.11. The van der Waals surface area contributed by atoms with Gasteiger partial charge in [0.1, 0.15) is 0 Å². The summed E-state index contributed by atoms with van der Waals surface area (Å²) in [7, 11) is 1.77. The second-order valence-electron chi connectivity index (χ2n) is 6.45. The van der Waals surface area contributed by atoms with Crippen molar-refractivity contribution >= 4 is 22.4 Å². The van der Waals surface area contributed by atoms with Crippen LogP contribution in [0, 0.1) is 5.92 Å². The summed E-state index contributed by atoms with van der Waals surface area (Å²) in [6.45, 7) is 2.41. The molecule has 2 heterocycles. The topological polar surface area (TPSA) is 55.8 Å². The van der Waals surface area contributed by atoms with Gasteiger partial charge in [-0.2, -0.15) is 0 Å². The zero-order chi connectivity index (χ0) is 15.5. The van der Waals surface area contributed by atoms with Gasteiger partial charge in [0.25, 0.3) is 0 Å². The Balaban J connectivity index is 1.40. The number of aliphatic hydroxyl groups is 1. The number of rotatable bonds is 5. The molecular formula is C16H25N3O2S. The zero-order valence-corrected chi connectivity index (χ0v) is 13.9. The predicted octanol–water partition coefficient (Wildman–Crippen LogP) is 2.13. The fourth-order valence-corrected chi connectivity index (χ4v) is 3.76. The second kappa shape index (κ2) is 6.87. The van der Waals surface area contributed by atoms with Gasteiger partial charge in [-0.15, -0.1) is 11.3 Å². The van der Waals surface area contributed by atoms with Crippen molar-refractivity contribution in [1.82, 2.24) is 10.2 Å². The number of nitrogens with one attached hydrogen (secondary N) is 1. The van der Waals surface area contributed by atoms with Gasteiger partial charge in [0, 0.05) is 32.7 Å². The minimum atomic E-state index is -0.364. The lowest BCUT2D eigenvalue weighted by Gasteiger charge is -2.34. The first-order chi connectivity index (χ1) is 10.6. The van der Waals surface area contributed by atoms with Gasteiger partial charge < -0.3 is 20.2 Å². The molecule has 3 rings (SSSR count). The largest absolute Gasteiger partial charge is 0.391 e. The molecule has 1 unspecified atom stereocenters. The number of piperidine rings is 1. The van der Waals surface area contributed by atoms with Crippen LogP contribution in [-0.2, 0) is 0 Å². The Kier molecular flexibility index (Phi) is 4.88. The first-order valence-corrected chi connectivity index (χ1v) is 8.99. The molecule has 0 aromatic carbocycles. The molecule has 1 saturated carbocycles. The number of aliphatic hydroxyl groups excluding tert-OH is 1. The Bertz CT molecular complexity index is 482. The van der Waals surface area contributed by atoms with Gasteiger partial charge in [-0.1, -0.05) is 0 Å². The van der Waals surface area contributed by atoms with Crippen LogP contribution in [0.2, 0.25) is 0 Å². The third-order valence-corrected chi connectivity index (χ3v) is 5.54. The van der Waals surface area contributed by atoms with Crippen LogP contribution in [0.5, 0.6) is 0 Å². The summed E-state index contributed by atoms with van der Waals surface area (Å²) >= 11 is 1.77. The summed E-state index contributed by atoms with van der Waals surface area (Å²) in [6.07, 6.45) is 3.78. The molecule has 0 radical (unpaired) electrons. The van der Waals surface area contributed by atoms with E-state index < -0.39 is 0 Å². The van der Waals surface area contributed by atoms with E-state index in [2.05, 4.69) is 27.7 Å². The van der Waals surface area contributed by atoms with Crippen molar-refractivity contribution in [2.45, 2.75) is 37.8 Å². The Morgan fingerprint density at radius 3 is 2.77 bits per heavy atom. The van der Waals surface area contributed by atoms with Crippen molar-refractivity contribution < 1.29 is 9.90 Å². The number of amides is 2. The van der Waals surface area contributed by atoms with Gasteiger partial charge >= 0.3 is 6.03 Å². The third kappa shape index (κ3) is 3.93. The van der Waals surface area contributed by atoms with Gasteiger partial charge in [-0.3, -0.25) is 0 Å². The molecule has 2 fully saturated rings. The molecule has 1 aliphatic heterocycles. The third-order valence-electron chi connectivity index (χ3n) is 4.61. The van der Waals surface area contributed by atoms with Crippen LogP contribution < -0.4 is 10.2 Å². The Hall–Kier alpha value is -1.27. The molecule has 1 saturated heterocycles. The van der Waals surface area contributed by atoms with Crippen LogP contribution in [-0.4, -0.2) is 54.9 Å². The van der Waals surface area contributed by atoms with E-state index in [1.807, 2.05) is 0 Å². The zero-order valence-electron chi connectivity index (χ0n) is 13.1. The maximum Gasteiger partial charge on any atom is 0.317 e. The summed E-state index contributed by atoms with van der Waals surface area (Å²) in [5.74, 6) is 0.407. The average molecular weight is 323 g/mol. The highest BCUT2D eigenvalue weighted by atomic mass is 32.1. The molecule has 1 aliphatic carbocycles. The van der Waals surface area contributed by atoms with E-state index in [-0.39, 0.29) is 18.2 Å². The fourth-order valence-electron chi connectivity index (χ4n) is 2.97. The molecule has 2 amide bonds. The molecule has 5 nitrogen and oxygen atoms in total. The SMILES string of the molecule is CN(CC(O)C1CC1)C(=O)NC1CCN(c2cccs2)CC1. The quantitative estimate of drug-likeness (QED) is 0.873. The van der Waals surface area contributed by atoms with Crippen molar-refractivity contribution in [2.24, 2.45) is 5.92 Å². The summed E-state index contributed by atoms with van der Waals surface area (Å²) in [6, 6.07) is 4.41. The number of hydrogen-bond donors (Lipinski definition) is 2. The monoisotopic (exact) mass is 323 g/mol. The van der Waals surface area contributed by atoms with E-state index in [0.29, 0.717) is 12.5 Å². The number of thiophene rings is 1. The Labute approximate surface area is 135 Å². The summed E-state index contributed by atoms with van der Waals surface area (Å²) in [5.41, 5.74) is 0. The van der Waals surface area contributed by atoms with Crippen LogP contribution in [0.4, 0.5) is 9.80 Å². The fraction of sp³-hybridized carbons (Fsp3) is 0.688. The van der Waals surface area contributed by atoms with Crippen LogP contribution in [0.15, 0.2) is 17.5 Å². The highest BCUT2D eigenvalue weighted by molar-refractivity contribution is 7.14. The van der Waals surface area contributed by atoms with Gasteiger partial charge in [0.2, 0.25) is 0 Å². The highest BCUT2D eigenvalue weighted by Crippen LogP contribution is 2.32. The molecule has 0 spiro atoms. The number of hydrogen-bond acceptors (Lipinski definition) is 4. The molecule has 6 heteroatoms. The molecule has 0 bridgehead atoms. The Morgan fingerprint density at radius 2 is 2.18 bits per heavy atom. The number of nitrogens with zero attached hydrogens (tertiary/aromatic N) is 2. The minimum absolute atomic E-state index is 0.0609. The van der Waals surface area contributed by atoms with Gasteiger partial charge in [-0.05, 0) is 49.1 Å². The van der Waals surface area contributed by atoms with E-state index in [0.717, 1.165) is 38.8 Å². The van der Waals surface area contributed by atoms with Crippen LogP contribution >= 0.6 is 11.3 Å². The summed E-state index contributed by atoms with van der Waals surface area (Å²) < 4.78 is 0. The first kappa shape index (κ1) is 15.6.